The van der Waals surface area contributed by atoms with Gasteiger partial charge >= 0.3 is 0 Å². The second-order valence-corrected chi connectivity index (χ2v) is 10.1. The topological polar surface area (TPSA) is 75.4 Å². The number of hydrogen-bond donors (Lipinski definition) is 3. The van der Waals surface area contributed by atoms with Gasteiger partial charge in [0.1, 0.15) is 0 Å². The second-order valence-electron chi connectivity index (χ2n) is 10.1. The predicted molar refractivity (Wildman–Crippen MR) is 138 cm³/mol. The molecular formula is C29H33N3O3. The number of aromatic nitrogens is 1. The molecule has 1 aliphatic carbocycles. The molecular weight excluding hydrogens is 438 g/mol. The van der Waals surface area contributed by atoms with Crippen molar-refractivity contribution in [1.29, 1.82) is 0 Å². The van der Waals surface area contributed by atoms with Gasteiger partial charge in [0.05, 0.1) is 5.56 Å². The number of carbonyl (C=O) groups excluding carboxylic acids is 1. The van der Waals surface area contributed by atoms with Gasteiger partial charge in [-0.15, -0.1) is 0 Å². The van der Waals surface area contributed by atoms with Crippen molar-refractivity contribution in [1.82, 2.24) is 15.6 Å². The smallest absolute Gasteiger partial charge is 0.253 e. The normalized spacial score (nSPS) is 25.7. The van der Waals surface area contributed by atoms with Crippen LogP contribution < -0.4 is 20.1 Å². The number of nitrogens with one attached hydrogen (secondary N) is 3. The van der Waals surface area contributed by atoms with Crippen molar-refractivity contribution >= 4 is 17.1 Å². The van der Waals surface area contributed by atoms with Crippen LogP contribution in [0.4, 0.5) is 0 Å². The highest BCUT2D eigenvalue weighted by Crippen LogP contribution is 2.40. The minimum Gasteiger partial charge on any atom is -0.454 e. The van der Waals surface area contributed by atoms with Gasteiger partial charge in [-0.25, -0.2) is 0 Å². The Morgan fingerprint density at radius 1 is 1.14 bits per heavy atom. The molecule has 4 aliphatic rings. The van der Waals surface area contributed by atoms with Crippen LogP contribution in [0.3, 0.4) is 0 Å². The van der Waals surface area contributed by atoms with E-state index in [1.54, 1.807) is 0 Å². The maximum Gasteiger partial charge on any atom is 0.253 e. The molecule has 182 valence electrons. The van der Waals surface area contributed by atoms with Gasteiger partial charge in [0.2, 0.25) is 6.79 Å². The molecule has 2 atom stereocenters. The lowest BCUT2D eigenvalue weighted by Gasteiger charge is -2.40. The number of H-pyrrole nitrogens is 1. The summed E-state index contributed by atoms with van der Waals surface area (Å²) in [5, 5.41) is 6.68. The van der Waals surface area contributed by atoms with Gasteiger partial charge in [0.15, 0.2) is 11.5 Å². The molecule has 1 aromatic heterocycles. The van der Waals surface area contributed by atoms with Crippen molar-refractivity contribution in [2.45, 2.75) is 44.4 Å². The minimum atomic E-state index is -0.0334. The summed E-state index contributed by atoms with van der Waals surface area (Å²) in [6, 6.07) is 8.32. The Morgan fingerprint density at radius 3 is 2.91 bits per heavy atom. The summed E-state index contributed by atoms with van der Waals surface area (Å²) in [6.07, 6.45) is 14.1. The standard InChI is InChI=1S/C29H33N3O3/c1-2-19-6-3-7-20(8-4-9-22(19)21-10-11-25-26(14-21)35-18-34-25)24-15-23-27(32-24)29(17-31-28(23)33)12-5-13-30-16-29/h3,6-7,9-11,14-15,19,30,32H,2,4-5,8,12-13,16-18H2,1H3,(H,31,33). The Balaban J connectivity index is 1.31. The Morgan fingerprint density at radius 2 is 2.06 bits per heavy atom. The summed E-state index contributed by atoms with van der Waals surface area (Å²) < 4.78 is 11.1. The van der Waals surface area contributed by atoms with Gasteiger partial charge in [0, 0.05) is 35.8 Å². The molecule has 6 heteroatoms. The molecule has 3 aliphatic heterocycles. The quantitative estimate of drug-likeness (QED) is 0.592. The van der Waals surface area contributed by atoms with Crippen LogP contribution >= 0.6 is 0 Å². The third-order valence-corrected chi connectivity index (χ3v) is 7.96. The Bertz CT molecular complexity index is 1230. The third kappa shape index (κ3) is 4.00. The summed E-state index contributed by atoms with van der Waals surface area (Å²) in [6.45, 7) is 5.17. The number of hydrogen-bond acceptors (Lipinski definition) is 4. The Hall–Kier alpha value is -3.25. The summed E-state index contributed by atoms with van der Waals surface area (Å²) in [5.41, 5.74) is 6.70. The van der Waals surface area contributed by atoms with Crippen LogP contribution in [0.15, 0.2) is 48.6 Å². The molecule has 1 amide bonds. The van der Waals surface area contributed by atoms with Gasteiger partial charge in [-0.1, -0.05) is 37.3 Å². The van der Waals surface area contributed by atoms with E-state index in [0.717, 1.165) is 73.6 Å². The van der Waals surface area contributed by atoms with Crippen LogP contribution in [0, 0.1) is 5.92 Å². The van der Waals surface area contributed by atoms with Gasteiger partial charge in [-0.2, -0.15) is 0 Å². The monoisotopic (exact) mass is 471 g/mol. The van der Waals surface area contributed by atoms with Crippen LogP contribution in [0.1, 0.15) is 66.3 Å². The molecule has 1 saturated heterocycles. The van der Waals surface area contributed by atoms with Crippen LogP contribution in [-0.2, 0) is 5.41 Å². The number of aromatic amines is 1. The molecule has 2 aromatic rings. The summed E-state index contributed by atoms with van der Waals surface area (Å²) in [7, 11) is 0. The molecule has 0 radical (unpaired) electrons. The minimum absolute atomic E-state index is 0.0334. The van der Waals surface area contributed by atoms with E-state index in [1.807, 2.05) is 6.07 Å². The number of fused-ring (bicyclic) bond motifs is 3. The van der Waals surface area contributed by atoms with Gasteiger partial charge in [-0.05, 0) is 73.6 Å². The fourth-order valence-electron chi connectivity index (χ4n) is 6.01. The molecule has 2 unspecified atom stereocenters. The molecule has 0 saturated carbocycles. The van der Waals surface area contributed by atoms with Crippen LogP contribution in [0.5, 0.6) is 11.5 Å². The highest BCUT2D eigenvalue weighted by Gasteiger charge is 2.42. The van der Waals surface area contributed by atoms with E-state index in [1.165, 1.54) is 16.7 Å². The number of amides is 1. The molecule has 4 heterocycles. The van der Waals surface area contributed by atoms with Crippen molar-refractivity contribution < 1.29 is 14.3 Å². The van der Waals surface area contributed by atoms with Crippen molar-refractivity contribution in [2.24, 2.45) is 5.92 Å². The van der Waals surface area contributed by atoms with E-state index >= 15 is 0 Å². The van der Waals surface area contributed by atoms with Crippen molar-refractivity contribution in [3.63, 3.8) is 0 Å². The lowest BCUT2D eigenvalue weighted by atomic mass is 9.74. The summed E-state index contributed by atoms with van der Waals surface area (Å²) in [4.78, 5) is 16.4. The zero-order valence-corrected chi connectivity index (χ0v) is 20.3. The molecule has 1 aromatic carbocycles. The summed E-state index contributed by atoms with van der Waals surface area (Å²) >= 11 is 0. The molecule has 3 N–H and O–H groups in total. The van der Waals surface area contributed by atoms with E-state index in [2.05, 4.69) is 65.0 Å². The fraction of sp³-hybridized carbons (Fsp3) is 0.414. The number of piperidine rings is 1. The number of rotatable bonds is 3. The first-order valence-corrected chi connectivity index (χ1v) is 12.9. The first-order chi connectivity index (χ1) is 17.2. The number of benzene rings is 1. The highest BCUT2D eigenvalue weighted by atomic mass is 16.7. The Kier molecular flexibility index (Phi) is 5.77. The van der Waals surface area contributed by atoms with Gasteiger partial charge in [-0.3, -0.25) is 4.79 Å². The van der Waals surface area contributed by atoms with E-state index in [9.17, 15) is 4.79 Å². The third-order valence-electron chi connectivity index (χ3n) is 7.96. The lowest BCUT2D eigenvalue weighted by Crippen LogP contribution is -2.54. The van der Waals surface area contributed by atoms with Gasteiger partial charge < -0.3 is 25.1 Å². The average Bonchev–Trinajstić information content (AvgIpc) is 3.56. The largest absolute Gasteiger partial charge is 0.454 e. The fourth-order valence-corrected chi connectivity index (χ4v) is 6.01. The van der Waals surface area contributed by atoms with Crippen LogP contribution in [0.2, 0.25) is 0 Å². The lowest BCUT2D eigenvalue weighted by molar-refractivity contribution is 0.0915. The molecule has 35 heavy (non-hydrogen) atoms. The van der Waals surface area contributed by atoms with Gasteiger partial charge in [0.25, 0.3) is 5.91 Å². The SMILES string of the molecule is CCC1C=CC=C(c2cc3c([nH]2)C2(CCCNC2)CNC3=O)CCC=C1c1ccc2c(c1)OCO2. The zero-order chi connectivity index (χ0) is 23.8. The Labute approximate surface area is 206 Å². The van der Waals surface area contributed by atoms with Crippen molar-refractivity contribution in [3.05, 3.63) is 71.1 Å². The van der Waals surface area contributed by atoms with Crippen LogP contribution in [-0.4, -0.2) is 37.3 Å². The molecule has 0 bridgehead atoms. The predicted octanol–water partition coefficient (Wildman–Crippen LogP) is 4.95. The first-order valence-electron chi connectivity index (χ1n) is 12.9. The van der Waals surface area contributed by atoms with Crippen molar-refractivity contribution in [2.75, 3.05) is 26.4 Å². The van der Waals surface area contributed by atoms with E-state index in [-0.39, 0.29) is 18.1 Å². The maximum absolute atomic E-state index is 12.7. The maximum atomic E-state index is 12.7. The molecule has 6 nitrogen and oxygen atoms in total. The zero-order valence-electron chi connectivity index (χ0n) is 20.3. The second kappa shape index (κ2) is 9.08. The highest BCUT2D eigenvalue weighted by molar-refractivity contribution is 5.98. The van der Waals surface area contributed by atoms with E-state index in [4.69, 9.17) is 9.47 Å². The average molecular weight is 472 g/mol. The molecule has 1 fully saturated rings. The summed E-state index contributed by atoms with van der Waals surface area (Å²) in [5.74, 6) is 2.00. The molecule has 1 spiro atoms. The van der Waals surface area contributed by atoms with E-state index < -0.39 is 0 Å². The number of allylic oxidation sites excluding steroid dienone is 6. The van der Waals surface area contributed by atoms with Crippen LogP contribution in [0.25, 0.3) is 11.1 Å². The van der Waals surface area contributed by atoms with E-state index in [0.29, 0.717) is 12.5 Å². The number of ether oxygens (including phenoxy) is 2. The van der Waals surface area contributed by atoms with Crippen molar-refractivity contribution in [3.8, 4) is 11.5 Å². The first kappa shape index (κ1) is 22.2. The molecule has 6 rings (SSSR count). The number of carbonyl (C=O) groups is 1.